The van der Waals surface area contributed by atoms with Crippen LogP contribution >= 0.6 is 11.3 Å². The quantitative estimate of drug-likeness (QED) is 0.537. The fourth-order valence-corrected chi connectivity index (χ4v) is 3.74. The third-order valence-corrected chi connectivity index (χ3v) is 5.03. The molecule has 0 bridgehead atoms. The lowest BCUT2D eigenvalue weighted by Crippen LogP contribution is -2.12. The van der Waals surface area contributed by atoms with Gasteiger partial charge >= 0.3 is 0 Å². The highest BCUT2D eigenvalue weighted by Gasteiger charge is 2.14. The van der Waals surface area contributed by atoms with E-state index in [4.69, 9.17) is 4.42 Å². The van der Waals surface area contributed by atoms with Gasteiger partial charge in [0.15, 0.2) is 0 Å². The predicted octanol–water partition coefficient (Wildman–Crippen LogP) is 5.43. The molecule has 4 aromatic rings. The maximum atomic E-state index is 12.5. The van der Waals surface area contributed by atoms with Crippen molar-refractivity contribution in [1.82, 2.24) is 4.98 Å². The van der Waals surface area contributed by atoms with Crippen molar-refractivity contribution >= 4 is 33.1 Å². The van der Waals surface area contributed by atoms with Crippen LogP contribution in [0.1, 0.15) is 21.9 Å². The van der Waals surface area contributed by atoms with E-state index in [9.17, 15) is 4.79 Å². The average molecular weight is 348 g/mol. The van der Waals surface area contributed by atoms with Gasteiger partial charge in [0.05, 0.1) is 15.8 Å². The number of aromatic nitrogens is 1. The minimum absolute atomic E-state index is 0.171. The lowest BCUT2D eigenvalue weighted by molar-refractivity contribution is 0.102. The molecule has 1 N–H and O–H groups in total. The molecule has 0 radical (unpaired) electrons. The molecule has 0 aliphatic carbocycles. The summed E-state index contributed by atoms with van der Waals surface area (Å²) < 4.78 is 6.58. The van der Waals surface area contributed by atoms with Crippen LogP contribution in [0.3, 0.4) is 0 Å². The molecule has 25 heavy (non-hydrogen) atoms. The molecular weight excluding hydrogens is 332 g/mol. The van der Waals surface area contributed by atoms with Crippen LogP contribution in [0.5, 0.6) is 0 Å². The van der Waals surface area contributed by atoms with E-state index in [2.05, 4.69) is 16.4 Å². The van der Waals surface area contributed by atoms with Gasteiger partial charge in [-0.25, -0.2) is 4.98 Å². The largest absolute Gasteiger partial charge is 0.466 e. The predicted molar refractivity (Wildman–Crippen MR) is 101 cm³/mol. The Kier molecular flexibility index (Phi) is 3.86. The van der Waals surface area contributed by atoms with Gasteiger partial charge in [0, 0.05) is 11.3 Å². The molecule has 0 saturated heterocycles. The highest BCUT2D eigenvalue weighted by Crippen LogP contribution is 2.31. The van der Waals surface area contributed by atoms with Crippen molar-refractivity contribution < 1.29 is 9.21 Å². The average Bonchev–Trinajstić information content (AvgIpc) is 3.18. The van der Waals surface area contributed by atoms with E-state index in [0.29, 0.717) is 11.3 Å². The van der Waals surface area contributed by atoms with Gasteiger partial charge in [0.25, 0.3) is 5.91 Å². The number of anilines is 1. The monoisotopic (exact) mass is 348 g/mol. The number of aryl methyl sites for hydroxylation is 2. The molecular formula is C20H16N2O2S. The normalized spacial score (nSPS) is 11.0. The number of rotatable bonds is 3. The molecule has 0 unspecified atom stereocenters. The first-order valence-corrected chi connectivity index (χ1v) is 8.76. The smallest absolute Gasteiger partial charge is 0.259 e. The molecule has 2 aromatic carbocycles. The molecule has 0 atom stereocenters. The van der Waals surface area contributed by atoms with Crippen LogP contribution in [-0.4, -0.2) is 10.9 Å². The second-order valence-corrected chi connectivity index (χ2v) is 6.88. The van der Waals surface area contributed by atoms with E-state index in [0.717, 1.165) is 32.2 Å². The van der Waals surface area contributed by atoms with Crippen LogP contribution in [0.25, 0.3) is 20.8 Å². The summed E-state index contributed by atoms with van der Waals surface area (Å²) in [5.41, 5.74) is 3.27. The number of para-hydroxylation sites is 1. The van der Waals surface area contributed by atoms with Gasteiger partial charge in [-0.3, -0.25) is 4.79 Å². The minimum Gasteiger partial charge on any atom is -0.466 e. The molecule has 0 fully saturated rings. The standard InChI is InChI=1S/C20H16N2O2S/c1-12-10-16(13(2)24-12)19(23)21-15-7-5-6-14(11-15)20-22-17-8-3-4-9-18(17)25-20/h3-11H,1-2H3,(H,21,23). The first-order chi connectivity index (χ1) is 12.1. The first-order valence-electron chi connectivity index (χ1n) is 7.94. The zero-order valence-electron chi connectivity index (χ0n) is 13.9. The second-order valence-electron chi connectivity index (χ2n) is 5.85. The van der Waals surface area contributed by atoms with Crippen LogP contribution in [-0.2, 0) is 0 Å². The van der Waals surface area contributed by atoms with Crippen molar-refractivity contribution in [2.24, 2.45) is 0 Å². The molecule has 4 rings (SSSR count). The summed E-state index contributed by atoms with van der Waals surface area (Å²) in [4.78, 5) is 17.1. The molecule has 2 heterocycles. The Hall–Kier alpha value is -2.92. The molecule has 124 valence electrons. The van der Waals surface area contributed by atoms with E-state index >= 15 is 0 Å². The molecule has 2 aromatic heterocycles. The van der Waals surface area contributed by atoms with Gasteiger partial charge < -0.3 is 9.73 Å². The molecule has 5 heteroatoms. The zero-order chi connectivity index (χ0) is 17.4. The van der Waals surface area contributed by atoms with Crippen molar-refractivity contribution in [1.29, 1.82) is 0 Å². The third-order valence-electron chi connectivity index (χ3n) is 3.95. The van der Waals surface area contributed by atoms with Crippen LogP contribution in [0.4, 0.5) is 5.69 Å². The number of benzene rings is 2. The number of thiazole rings is 1. The number of hydrogen-bond acceptors (Lipinski definition) is 4. The number of nitrogens with one attached hydrogen (secondary N) is 1. The maximum absolute atomic E-state index is 12.5. The number of amides is 1. The fraction of sp³-hybridized carbons (Fsp3) is 0.100. The SMILES string of the molecule is Cc1cc(C(=O)Nc2cccc(-c3nc4ccccc4s3)c2)c(C)o1. The fourth-order valence-electron chi connectivity index (χ4n) is 2.78. The van der Waals surface area contributed by atoms with E-state index < -0.39 is 0 Å². The lowest BCUT2D eigenvalue weighted by Gasteiger charge is -2.05. The molecule has 0 aliphatic heterocycles. The zero-order valence-corrected chi connectivity index (χ0v) is 14.7. The number of hydrogen-bond donors (Lipinski definition) is 1. The molecule has 0 saturated carbocycles. The molecule has 4 nitrogen and oxygen atoms in total. The summed E-state index contributed by atoms with van der Waals surface area (Å²) in [5.74, 6) is 1.18. The van der Waals surface area contributed by atoms with Crippen LogP contribution in [0.15, 0.2) is 59.0 Å². The third kappa shape index (κ3) is 3.06. The number of furan rings is 1. The minimum atomic E-state index is -0.171. The highest BCUT2D eigenvalue weighted by molar-refractivity contribution is 7.21. The van der Waals surface area contributed by atoms with E-state index in [1.165, 1.54) is 0 Å². The van der Waals surface area contributed by atoms with E-state index in [1.807, 2.05) is 49.4 Å². The second kappa shape index (κ2) is 6.18. The Labute approximate surface area is 149 Å². The number of carbonyl (C=O) groups excluding carboxylic acids is 1. The Bertz CT molecular complexity index is 1050. The summed E-state index contributed by atoms with van der Waals surface area (Å²) >= 11 is 1.64. The first kappa shape index (κ1) is 15.6. The van der Waals surface area contributed by atoms with Crippen molar-refractivity contribution in [2.75, 3.05) is 5.32 Å². The van der Waals surface area contributed by atoms with E-state index in [1.54, 1.807) is 24.3 Å². The van der Waals surface area contributed by atoms with Gasteiger partial charge in [0.2, 0.25) is 0 Å². The Balaban J connectivity index is 1.63. The summed E-state index contributed by atoms with van der Waals surface area (Å²) in [6, 6.07) is 17.5. The van der Waals surface area contributed by atoms with Crippen molar-refractivity contribution in [3.05, 3.63) is 71.7 Å². The topological polar surface area (TPSA) is 55.1 Å². The van der Waals surface area contributed by atoms with Crippen LogP contribution < -0.4 is 5.32 Å². The van der Waals surface area contributed by atoms with Gasteiger partial charge in [-0.1, -0.05) is 24.3 Å². The van der Waals surface area contributed by atoms with Crippen molar-refractivity contribution in [2.45, 2.75) is 13.8 Å². The van der Waals surface area contributed by atoms with Gasteiger partial charge in [-0.15, -0.1) is 11.3 Å². The number of nitrogens with zero attached hydrogens (tertiary/aromatic N) is 1. The summed E-state index contributed by atoms with van der Waals surface area (Å²) in [6.07, 6.45) is 0. The molecule has 1 amide bonds. The van der Waals surface area contributed by atoms with Crippen molar-refractivity contribution in [3.63, 3.8) is 0 Å². The maximum Gasteiger partial charge on any atom is 0.259 e. The van der Waals surface area contributed by atoms with Gasteiger partial charge in [0.1, 0.15) is 16.5 Å². The van der Waals surface area contributed by atoms with Crippen LogP contribution in [0.2, 0.25) is 0 Å². The number of fused-ring (bicyclic) bond motifs is 1. The summed E-state index contributed by atoms with van der Waals surface area (Å²) in [6.45, 7) is 3.62. The Morgan fingerprint density at radius 3 is 2.68 bits per heavy atom. The lowest BCUT2D eigenvalue weighted by atomic mass is 10.2. The highest BCUT2D eigenvalue weighted by atomic mass is 32.1. The van der Waals surface area contributed by atoms with Crippen molar-refractivity contribution in [3.8, 4) is 10.6 Å². The molecule has 0 spiro atoms. The van der Waals surface area contributed by atoms with Gasteiger partial charge in [-0.2, -0.15) is 0 Å². The van der Waals surface area contributed by atoms with Gasteiger partial charge in [-0.05, 0) is 44.2 Å². The summed E-state index contributed by atoms with van der Waals surface area (Å²) in [7, 11) is 0. The van der Waals surface area contributed by atoms with E-state index in [-0.39, 0.29) is 5.91 Å². The molecule has 0 aliphatic rings. The Morgan fingerprint density at radius 1 is 1.08 bits per heavy atom. The number of carbonyl (C=O) groups is 1. The van der Waals surface area contributed by atoms with Crippen LogP contribution in [0, 0.1) is 13.8 Å². The Morgan fingerprint density at radius 2 is 1.92 bits per heavy atom. The summed E-state index contributed by atoms with van der Waals surface area (Å²) in [5, 5.41) is 3.87.